The highest BCUT2D eigenvalue weighted by atomic mass is 35.5. The summed E-state index contributed by atoms with van der Waals surface area (Å²) in [6, 6.07) is 17.7. The van der Waals surface area contributed by atoms with Crippen LogP contribution in [0.5, 0.6) is 0 Å². The van der Waals surface area contributed by atoms with Crippen LogP contribution in [0.15, 0.2) is 60.8 Å². The Hall–Kier alpha value is -2.59. The van der Waals surface area contributed by atoms with E-state index in [4.69, 9.17) is 11.6 Å². The summed E-state index contributed by atoms with van der Waals surface area (Å²) in [6.07, 6.45) is 3.35. The van der Waals surface area contributed by atoms with Crippen molar-refractivity contribution in [1.29, 1.82) is 0 Å². The van der Waals surface area contributed by atoms with Gasteiger partial charge in [-0.3, -0.25) is 9.89 Å². The molecule has 0 spiro atoms. The maximum atomic E-state index is 12.6. The van der Waals surface area contributed by atoms with Crippen LogP contribution >= 0.6 is 11.6 Å². The fourth-order valence-electron chi connectivity index (χ4n) is 2.72. The predicted molar refractivity (Wildman–Crippen MR) is 101 cm³/mol. The van der Waals surface area contributed by atoms with E-state index in [2.05, 4.69) is 27.6 Å². The van der Waals surface area contributed by atoms with Crippen LogP contribution in [0, 0.1) is 0 Å². The molecule has 4 nitrogen and oxygen atoms in total. The van der Waals surface area contributed by atoms with Crippen LogP contribution in [0.1, 0.15) is 29.3 Å². The lowest BCUT2D eigenvalue weighted by molar-refractivity contribution is 0.0939. The van der Waals surface area contributed by atoms with Crippen molar-refractivity contribution in [2.45, 2.75) is 25.8 Å². The van der Waals surface area contributed by atoms with Crippen molar-refractivity contribution in [2.24, 2.45) is 0 Å². The van der Waals surface area contributed by atoms with Gasteiger partial charge in [-0.25, -0.2) is 0 Å². The molecule has 0 unspecified atom stereocenters. The first-order valence-corrected chi connectivity index (χ1v) is 8.65. The lowest BCUT2D eigenvalue weighted by atomic mass is 10.0. The number of benzene rings is 2. The topological polar surface area (TPSA) is 57.8 Å². The Morgan fingerprint density at radius 1 is 1.20 bits per heavy atom. The van der Waals surface area contributed by atoms with Crippen LogP contribution in [0.4, 0.5) is 0 Å². The molecule has 1 heterocycles. The predicted octanol–water partition coefficient (Wildman–Crippen LogP) is 4.48. The van der Waals surface area contributed by atoms with Crippen molar-refractivity contribution in [2.75, 3.05) is 0 Å². The molecule has 0 bridgehead atoms. The minimum Gasteiger partial charge on any atom is -0.349 e. The number of hydrogen-bond donors (Lipinski definition) is 2. The number of aryl methyl sites for hydroxylation is 1. The summed E-state index contributed by atoms with van der Waals surface area (Å²) in [5.74, 6) is -0.135. The Morgan fingerprint density at radius 2 is 2.00 bits per heavy atom. The van der Waals surface area contributed by atoms with Gasteiger partial charge in [0, 0.05) is 16.6 Å². The van der Waals surface area contributed by atoms with E-state index in [1.165, 1.54) is 5.56 Å². The largest absolute Gasteiger partial charge is 0.349 e. The Labute approximate surface area is 152 Å². The average Bonchev–Trinajstić information content (AvgIpc) is 3.11. The van der Waals surface area contributed by atoms with Crippen molar-refractivity contribution >= 4 is 17.5 Å². The van der Waals surface area contributed by atoms with Gasteiger partial charge in [-0.2, -0.15) is 5.10 Å². The standard InChI is InChI=1S/C20H20ClN3O/c1-14(10-11-15-6-3-2-4-7-15)23-20(25)18-13-22-24-19(18)16-8-5-9-17(21)12-16/h2-9,12-14H,10-11H2,1H3,(H,22,24)(H,23,25)/t14-/m1/s1. The second kappa shape index (κ2) is 7.99. The zero-order valence-electron chi connectivity index (χ0n) is 14.0. The molecule has 3 aromatic rings. The molecule has 0 fully saturated rings. The number of aromatic nitrogens is 2. The van der Waals surface area contributed by atoms with E-state index >= 15 is 0 Å². The number of H-pyrrole nitrogens is 1. The summed E-state index contributed by atoms with van der Waals surface area (Å²) in [7, 11) is 0. The van der Waals surface area contributed by atoms with Crippen LogP contribution in [0.3, 0.4) is 0 Å². The van der Waals surface area contributed by atoms with E-state index in [9.17, 15) is 4.79 Å². The Kier molecular flexibility index (Phi) is 5.51. The van der Waals surface area contributed by atoms with E-state index in [0.29, 0.717) is 16.3 Å². The maximum Gasteiger partial charge on any atom is 0.255 e. The molecule has 0 aliphatic rings. The number of rotatable bonds is 6. The molecule has 2 N–H and O–H groups in total. The number of aromatic amines is 1. The van der Waals surface area contributed by atoms with E-state index in [1.807, 2.05) is 43.3 Å². The first-order chi connectivity index (χ1) is 12.1. The van der Waals surface area contributed by atoms with E-state index in [1.54, 1.807) is 12.3 Å². The third-order valence-corrected chi connectivity index (χ3v) is 4.32. The van der Waals surface area contributed by atoms with Gasteiger partial charge in [-0.1, -0.05) is 54.1 Å². The summed E-state index contributed by atoms with van der Waals surface area (Å²) in [6.45, 7) is 2.01. The van der Waals surface area contributed by atoms with Crippen LogP contribution in [-0.4, -0.2) is 22.1 Å². The average molecular weight is 354 g/mol. The van der Waals surface area contributed by atoms with E-state index < -0.39 is 0 Å². The van der Waals surface area contributed by atoms with Gasteiger partial charge in [0.2, 0.25) is 0 Å². The fraction of sp³-hybridized carbons (Fsp3) is 0.200. The number of nitrogens with one attached hydrogen (secondary N) is 2. The van der Waals surface area contributed by atoms with Gasteiger partial charge < -0.3 is 5.32 Å². The minimum absolute atomic E-state index is 0.0646. The quantitative estimate of drug-likeness (QED) is 0.686. The maximum absolute atomic E-state index is 12.6. The first kappa shape index (κ1) is 17.2. The fourth-order valence-corrected chi connectivity index (χ4v) is 2.91. The van der Waals surface area contributed by atoms with Gasteiger partial charge in [-0.15, -0.1) is 0 Å². The summed E-state index contributed by atoms with van der Waals surface area (Å²) < 4.78 is 0. The molecule has 0 saturated heterocycles. The highest BCUT2D eigenvalue weighted by Gasteiger charge is 2.17. The molecule has 1 aromatic heterocycles. The third kappa shape index (κ3) is 4.48. The second-order valence-corrected chi connectivity index (χ2v) is 6.50. The van der Waals surface area contributed by atoms with E-state index in [0.717, 1.165) is 18.4 Å². The molecular weight excluding hydrogens is 334 g/mol. The molecule has 0 saturated carbocycles. The number of carbonyl (C=O) groups is 1. The molecule has 5 heteroatoms. The van der Waals surface area contributed by atoms with Gasteiger partial charge >= 0.3 is 0 Å². The zero-order valence-corrected chi connectivity index (χ0v) is 14.8. The summed E-state index contributed by atoms with van der Waals surface area (Å²) in [5.41, 5.74) is 3.31. The molecule has 128 valence electrons. The van der Waals surface area contributed by atoms with Crippen LogP contribution in [0.25, 0.3) is 11.3 Å². The number of hydrogen-bond acceptors (Lipinski definition) is 2. The van der Waals surface area contributed by atoms with Gasteiger partial charge in [0.25, 0.3) is 5.91 Å². The molecule has 2 aromatic carbocycles. The summed E-state index contributed by atoms with van der Waals surface area (Å²) in [4.78, 5) is 12.6. The van der Waals surface area contributed by atoms with E-state index in [-0.39, 0.29) is 11.9 Å². The molecule has 3 rings (SSSR count). The van der Waals surface area contributed by atoms with Crippen molar-refractivity contribution in [1.82, 2.24) is 15.5 Å². The van der Waals surface area contributed by atoms with Gasteiger partial charge in [0.15, 0.2) is 0 Å². The summed E-state index contributed by atoms with van der Waals surface area (Å²) in [5, 5.41) is 10.6. The minimum atomic E-state index is -0.135. The van der Waals surface area contributed by atoms with Crippen molar-refractivity contribution in [3.05, 3.63) is 76.9 Å². The van der Waals surface area contributed by atoms with Crippen molar-refractivity contribution in [3.63, 3.8) is 0 Å². The molecule has 0 radical (unpaired) electrons. The first-order valence-electron chi connectivity index (χ1n) is 8.27. The summed E-state index contributed by atoms with van der Waals surface area (Å²) >= 11 is 6.04. The molecule has 1 atom stereocenters. The molecule has 0 aliphatic carbocycles. The Balaban J connectivity index is 1.65. The number of carbonyl (C=O) groups excluding carboxylic acids is 1. The normalized spacial score (nSPS) is 11.9. The monoisotopic (exact) mass is 353 g/mol. The highest BCUT2D eigenvalue weighted by molar-refractivity contribution is 6.30. The van der Waals surface area contributed by atoms with Crippen molar-refractivity contribution in [3.8, 4) is 11.3 Å². The van der Waals surface area contributed by atoms with Gasteiger partial charge in [0.1, 0.15) is 0 Å². The highest BCUT2D eigenvalue weighted by Crippen LogP contribution is 2.24. The third-order valence-electron chi connectivity index (χ3n) is 4.08. The molecular formula is C20H20ClN3O. The number of halogens is 1. The van der Waals surface area contributed by atoms with Crippen LogP contribution < -0.4 is 5.32 Å². The Morgan fingerprint density at radius 3 is 2.76 bits per heavy atom. The zero-order chi connectivity index (χ0) is 17.6. The SMILES string of the molecule is C[C@H](CCc1ccccc1)NC(=O)c1cn[nH]c1-c1cccc(Cl)c1. The Bertz CT molecular complexity index is 845. The van der Waals surface area contributed by atoms with Gasteiger partial charge in [0.05, 0.1) is 17.5 Å². The van der Waals surface area contributed by atoms with Gasteiger partial charge in [-0.05, 0) is 37.5 Å². The molecule has 0 aliphatic heterocycles. The molecule has 1 amide bonds. The second-order valence-electron chi connectivity index (χ2n) is 6.07. The molecule has 25 heavy (non-hydrogen) atoms. The lowest BCUT2D eigenvalue weighted by Crippen LogP contribution is -2.33. The van der Waals surface area contributed by atoms with Crippen LogP contribution in [0.2, 0.25) is 5.02 Å². The lowest BCUT2D eigenvalue weighted by Gasteiger charge is -2.14. The van der Waals surface area contributed by atoms with Crippen LogP contribution in [-0.2, 0) is 6.42 Å². The smallest absolute Gasteiger partial charge is 0.255 e. The number of nitrogens with zero attached hydrogens (tertiary/aromatic N) is 1. The number of amides is 1. The van der Waals surface area contributed by atoms with Crippen molar-refractivity contribution < 1.29 is 4.79 Å².